The van der Waals surface area contributed by atoms with Crippen molar-refractivity contribution in [2.75, 3.05) is 23.7 Å². The Morgan fingerprint density at radius 2 is 2.05 bits per heavy atom. The zero-order valence-electron chi connectivity index (χ0n) is 12.1. The summed E-state index contributed by atoms with van der Waals surface area (Å²) >= 11 is 1.44. The highest BCUT2D eigenvalue weighted by Crippen LogP contribution is 2.40. The molecule has 2 aromatic heterocycles. The first-order chi connectivity index (χ1) is 10.1. The van der Waals surface area contributed by atoms with Crippen molar-refractivity contribution in [2.24, 2.45) is 0 Å². The van der Waals surface area contributed by atoms with Crippen molar-refractivity contribution < 1.29 is 5.11 Å². The van der Waals surface area contributed by atoms with Gasteiger partial charge in [0.2, 0.25) is 0 Å². The molecule has 5 nitrogen and oxygen atoms in total. The average molecular weight is 304 g/mol. The molecule has 6 heteroatoms. The summed E-state index contributed by atoms with van der Waals surface area (Å²) in [6.45, 7) is 3.67. The number of rotatable bonds is 2. The topological polar surface area (TPSA) is 75.3 Å². The maximum atomic E-state index is 10.2. The van der Waals surface area contributed by atoms with Crippen LogP contribution in [0.4, 0.5) is 10.8 Å². The second-order valence-corrected chi connectivity index (χ2v) is 6.57. The molecule has 0 spiro atoms. The Morgan fingerprint density at radius 3 is 2.81 bits per heavy atom. The average Bonchev–Trinajstić information content (AvgIpc) is 2.75. The number of nitrogens with two attached hydrogens (primary N) is 1. The molecule has 1 atom stereocenters. The van der Waals surface area contributed by atoms with Gasteiger partial charge >= 0.3 is 0 Å². The van der Waals surface area contributed by atoms with Crippen LogP contribution in [0.1, 0.15) is 26.2 Å². The van der Waals surface area contributed by atoms with Gasteiger partial charge in [0.1, 0.15) is 10.8 Å². The summed E-state index contributed by atoms with van der Waals surface area (Å²) in [4.78, 5) is 6.35. The molecule has 0 amide bonds. The van der Waals surface area contributed by atoms with Crippen LogP contribution in [0.2, 0.25) is 0 Å². The Morgan fingerprint density at radius 1 is 1.29 bits per heavy atom. The van der Waals surface area contributed by atoms with Crippen LogP contribution in [0.5, 0.6) is 0 Å². The van der Waals surface area contributed by atoms with E-state index in [2.05, 4.69) is 14.3 Å². The third-order valence-corrected chi connectivity index (χ3v) is 4.94. The number of aliphatic hydroxyl groups is 1. The summed E-state index contributed by atoms with van der Waals surface area (Å²) in [5.41, 5.74) is 7.54. The molecule has 1 aliphatic heterocycles. The Kier molecular flexibility index (Phi) is 3.82. The van der Waals surface area contributed by atoms with Crippen LogP contribution < -0.4 is 10.6 Å². The fourth-order valence-electron chi connectivity index (χ4n) is 2.77. The van der Waals surface area contributed by atoms with E-state index in [1.807, 2.05) is 19.1 Å². The molecule has 0 aromatic carbocycles. The molecule has 21 heavy (non-hydrogen) atoms. The standard InChI is InChI=1S/C15H20N4OS/c1-15(20)5-2-9-19(10-6-15)14-12(13(16)18-21-14)11-3-7-17-8-4-11/h3-4,7-8,20H,2,5-6,9-10H2,1H3,(H2,16,18). The minimum absolute atomic E-state index is 0.567. The lowest BCUT2D eigenvalue weighted by atomic mass is 9.98. The highest BCUT2D eigenvalue weighted by molar-refractivity contribution is 7.11. The fraction of sp³-hybridized carbons (Fsp3) is 0.467. The summed E-state index contributed by atoms with van der Waals surface area (Å²) < 4.78 is 4.33. The van der Waals surface area contributed by atoms with Crippen LogP contribution in [0.3, 0.4) is 0 Å². The zero-order valence-corrected chi connectivity index (χ0v) is 12.9. The Hall–Kier alpha value is -1.66. The van der Waals surface area contributed by atoms with Gasteiger partial charge in [0.05, 0.1) is 11.2 Å². The lowest BCUT2D eigenvalue weighted by molar-refractivity contribution is 0.0481. The predicted molar refractivity (Wildman–Crippen MR) is 86.4 cm³/mol. The molecule has 0 radical (unpaired) electrons. The van der Waals surface area contributed by atoms with Crippen LogP contribution in [-0.2, 0) is 0 Å². The monoisotopic (exact) mass is 304 g/mol. The number of anilines is 2. The lowest BCUT2D eigenvalue weighted by Crippen LogP contribution is -2.28. The molecule has 1 unspecified atom stereocenters. The fourth-order valence-corrected chi connectivity index (χ4v) is 3.65. The summed E-state index contributed by atoms with van der Waals surface area (Å²) in [7, 11) is 0. The molecule has 3 N–H and O–H groups in total. The van der Waals surface area contributed by atoms with Crippen molar-refractivity contribution in [2.45, 2.75) is 31.8 Å². The van der Waals surface area contributed by atoms with Crippen molar-refractivity contribution in [3.63, 3.8) is 0 Å². The van der Waals surface area contributed by atoms with Crippen LogP contribution in [0, 0.1) is 0 Å². The molecule has 0 aliphatic carbocycles. The largest absolute Gasteiger partial charge is 0.390 e. The molecule has 1 saturated heterocycles. The van der Waals surface area contributed by atoms with Gasteiger partial charge in [-0.3, -0.25) is 4.98 Å². The van der Waals surface area contributed by atoms with E-state index < -0.39 is 5.60 Å². The number of hydrogen-bond donors (Lipinski definition) is 2. The normalized spacial score (nSPS) is 23.0. The van der Waals surface area contributed by atoms with E-state index in [9.17, 15) is 5.11 Å². The van der Waals surface area contributed by atoms with Gasteiger partial charge in [0.15, 0.2) is 0 Å². The van der Waals surface area contributed by atoms with Gasteiger partial charge in [-0.1, -0.05) is 0 Å². The van der Waals surface area contributed by atoms with E-state index in [1.165, 1.54) is 11.5 Å². The first-order valence-corrected chi connectivity index (χ1v) is 7.97. The van der Waals surface area contributed by atoms with Gasteiger partial charge in [0.25, 0.3) is 0 Å². The number of hydrogen-bond acceptors (Lipinski definition) is 6. The van der Waals surface area contributed by atoms with Gasteiger partial charge in [-0.15, -0.1) is 0 Å². The van der Waals surface area contributed by atoms with Crippen molar-refractivity contribution >= 4 is 22.4 Å². The van der Waals surface area contributed by atoms with E-state index in [0.29, 0.717) is 5.82 Å². The second-order valence-electron chi connectivity index (χ2n) is 5.82. The second kappa shape index (κ2) is 5.61. The van der Waals surface area contributed by atoms with Gasteiger partial charge in [-0.25, -0.2) is 0 Å². The minimum Gasteiger partial charge on any atom is -0.390 e. The lowest BCUT2D eigenvalue weighted by Gasteiger charge is -2.23. The Bertz CT molecular complexity index is 611. The summed E-state index contributed by atoms with van der Waals surface area (Å²) in [6, 6.07) is 3.91. The van der Waals surface area contributed by atoms with E-state index in [-0.39, 0.29) is 0 Å². The zero-order chi connectivity index (χ0) is 14.9. The van der Waals surface area contributed by atoms with Crippen LogP contribution in [0.25, 0.3) is 11.1 Å². The van der Waals surface area contributed by atoms with Crippen molar-refractivity contribution in [3.8, 4) is 11.1 Å². The third kappa shape index (κ3) is 3.01. The van der Waals surface area contributed by atoms with E-state index in [4.69, 9.17) is 5.73 Å². The van der Waals surface area contributed by atoms with Crippen molar-refractivity contribution in [3.05, 3.63) is 24.5 Å². The Labute approximate surface area is 128 Å². The minimum atomic E-state index is -0.568. The smallest absolute Gasteiger partial charge is 0.147 e. The first-order valence-electron chi connectivity index (χ1n) is 7.20. The summed E-state index contributed by atoms with van der Waals surface area (Å²) in [6.07, 6.45) is 6.11. The number of aromatic nitrogens is 2. The highest BCUT2D eigenvalue weighted by Gasteiger charge is 2.27. The number of pyridine rings is 1. The molecule has 1 fully saturated rings. The highest BCUT2D eigenvalue weighted by atomic mass is 32.1. The number of nitrogen functional groups attached to an aromatic ring is 1. The van der Waals surface area contributed by atoms with Crippen molar-refractivity contribution in [1.82, 2.24) is 9.36 Å². The van der Waals surface area contributed by atoms with E-state index in [0.717, 1.165) is 48.5 Å². The predicted octanol–water partition coefficient (Wildman–Crippen LogP) is 2.53. The molecular weight excluding hydrogens is 284 g/mol. The molecular formula is C15H20N4OS. The van der Waals surface area contributed by atoms with Gasteiger partial charge in [-0.05, 0) is 55.4 Å². The maximum Gasteiger partial charge on any atom is 0.147 e. The molecule has 0 bridgehead atoms. The van der Waals surface area contributed by atoms with Crippen LogP contribution >= 0.6 is 11.5 Å². The van der Waals surface area contributed by atoms with Gasteiger partial charge in [-0.2, -0.15) is 4.37 Å². The molecule has 0 saturated carbocycles. The van der Waals surface area contributed by atoms with Crippen LogP contribution in [0.15, 0.2) is 24.5 Å². The van der Waals surface area contributed by atoms with Crippen molar-refractivity contribution in [1.29, 1.82) is 0 Å². The van der Waals surface area contributed by atoms with E-state index >= 15 is 0 Å². The van der Waals surface area contributed by atoms with Gasteiger partial charge < -0.3 is 15.7 Å². The molecule has 112 valence electrons. The first kappa shape index (κ1) is 14.3. The van der Waals surface area contributed by atoms with Gasteiger partial charge in [0, 0.05) is 25.5 Å². The van der Waals surface area contributed by atoms with E-state index in [1.54, 1.807) is 12.4 Å². The molecule has 1 aliphatic rings. The quantitative estimate of drug-likeness (QED) is 0.891. The maximum absolute atomic E-state index is 10.2. The SMILES string of the molecule is CC1(O)CCCN(c2snc(N)c2-c2ccncc2)CC1. The molecule has 3 heterocycles. The van der Waals surface area contributed by atoms with Crippen LogP contribution in [-0.4, -0.2) is 33.2 Å². The summed E-state index contributed by atoms with van der Waals surface area (Å²) in [5, 5.41) is 11.3. The Balaban J connectivity index is 1.93. The number of nitrogens with zero attached hydrogens (tertiary/aromatic N) is 3. The molecule has 3 rings (SSSR count). The molecule has 2 aromatic rings. The summed E-state index contributed by atoms with van der Waals surface area (Å²) in [5.74, 6) is 0.567. The third-order valence-electron chi connectivity index (χ3n) is 4.02.